The number of carbonyl (C=O) groups is 2. The van der Waals surface area contributed by atoms with Crippen LogP contribution in [0.3, 0.4) is 0 Å². The van der Waals surface area contributed by atoms with Crippen LogP contribution in [0.1, 0.15) is 10.4 Å². The molecule has 3 N–H and O–H groups in total. The Morgan fingerprint density at radius 1 is 1.33 bits per heavy atom. The molecule has 0 bridgehead atoms. The van der Waals surface area contributed by atoms with Gasteiger partial charge in [0.1, 0.15) is 5.82 Å². The first kappa shape index (κ1) is 11.4. The van der Waals surface area contributed by atoms with Gasteiger partial charge in [0.05, 0.1) is 10.0 Å². The number of Topliss-reactive ketones (excluding diaryl/α,β-unsaturated/α-hetero) is 1. The van der Waals surface area contributed by atoms with E-state index in [9.17, 15) is 19.1 Å². The predicted molar refractivity (Wildman–Crippen MR) is 49.4 cm³/mol. The predicted octanol–water partition coefficient (Wildman–Crippen LogP) is 1.27. The first-order chi connectivity index (χ1) is 6.86. The number of phenolic OH excluding ortho intramolecular Hbond substituents is 2. The number of aliphatic carboxylic acids is 1. The molecule has 0 unspecified atom stereocenters. The highest BCUT2D eigenvalue weighted by molar-refractivity contribution is 9.10. The number of ketones is 1. The van der Waals surface area contributed by atoms with Crippen molar-refractivity contribution in [3.8, 4) is 11.5 Å². The minimum absolute atomic E-state index is 0.509. The van der Waals surface area contributed by atoms with Crippen LogP contribution in [0.4, 0.5) is 4.39 Å². The average molecular weight is 279 g/mol. The topological polar surface area (TPSA) is 94.8 Å². The summed E-state index contributed by atoms with van der Waals surface area (Å²) in [6.45, 7) is 0. The highest BCUT2D eigenvalue weighted by Crippen LogP contribution is 2.36. The molecule has 0 amide bonds. The minimum atomic E-state index is -1.86. The lowest BCUT2D eigenvalue weighted by atomic mass is 10.1. The van der Waals surface area contributed by atoms with Crippen molar-refractivity contribution >= 4 is 27.7 Å². The summed E-state index contributed by atoms with van der Waals surface area (Å²) >= 11 is 2.60. The van der Waals surface area contributed by atoms with Crippen LogP contribution in [0.25, 0.3) is 0 Å². The van der Waals surface area contributed by atoms with Crippen molar-refractivity contribution in [1.82, 2.24) is 0 Å². The smallest absolute Gasteiger partial charge is 0.377 e. The lowest BCUT2D eigenvalue weighted by molar-refractivity contribution is -0.131. The van der Waals surface area contributed by atoms with Gasteiger partial charge >= 0.3 is 5.97 Å². The molecule has 0 fully saturated rings. The molecular weight excluding hydrogens is 275 g/mol. The summed E-state index contributed by atoms with van der Waals surface area (Å²) in [5.41, 5.74) is -0.819. The zero-order chi connectivity index (χ0) is 11.7. The largest absolute Gasteiger partial charge is 0.504 e. The molecule has 0 aromatic heterocycles. The third-order valence-electron chi connectivity index (χ3n) is 1.59. The van der Waals surface area contributed by atoms with Gasteiger partial charge < -0.3 is 15.3 Å². The Morgan fingerprint density at radius 3 is 2.33 bits per heavy atom. The van der Waals surface area contributed by atoms with E-state index in [4.69, 9.17) is 10.2 Å². The summed E-state index contributed by atoms with van der Waals surface area (Å²) in [7, 11) is 0. The van der Waals surface area contributed by atoms with Gasteiger partial charge in [-0.25, -0.2) is 9.18 Å². The van der Waals surface area contributed by atoms with Gasteiger partial charge in [-0.1, -0.05) is 0 Å². The van der Waals surface area contributed by atoms with E-state index < -0.39 is 39.1 Å². The van der Waals surface area contributed by atoms with Crippen LogP contribution in [-0.2, 0) is 4.79 Å². The van der Waals surface area contributed by atoms with E-state index in [0.717, 1.165) is 0 Å². The van der Waals surface area contributed by atoms with Gasteiger partial charge in [-0.2, -0.15) is 0 Å². The van der Waals surface area contributed by atoms with Gasteiger partial charge in [-0.3, -0.25) is 4.79 Å². The van der Waals surface area contributed by atoms with E-state index in [-0.39, 0.29) is 0 Å². The molecule has 1 aromatic carbocycles. The van der Waals surface area contributed by atoms with Gasteiger partial charge in [0.2, 0.25) is 0 Å². The Morgan fingerprint density at radius 2 is 1.87 bits per heavy atom. The first-order valence-corrected chi connectivity index (χ1v) is 4.33. The lowest BCUT2D eigenvalue weighted by Gasteiger charge is -2.06. The van der Waals surface area contributed by atoms with Crippen LogP contribution in [0.15, 0.2) is 10.5 Å². The Kier molecular flexibility index (Phi) is 2.94. The number of aromatic hydroxyl groups is 2. The van der Waals surface area contributed by atoms with Gasteiger partial charge in [0.15, 0.2) is 11.5 Å². The molecule has 0 radical (unpaired) electrons. The number of rotatable bonds is 2. The zero-order valence-electron chi connectivity index (χ0n) is 6.99. The van der Waals surface area contributed by atoms with Crippen molar-refractivity contribution in [2.24, 2.45) is 0 Å². The molecule has 0 saturated heterocycles. The van der Waals surface area contributed by atoms with Gasteiger partial charge in [-0.15, -0.1) is 0 Å². The van der Waals surface area contributed by atoms with Gasteiger partial charge in [-0.05, 0) is 15.9 Å². The maximum absolute atomic E-state index is 13.0. The molecule has 1 rings (SSSR count). The number of carboxylic acids is 1. The van der Waals surface area contributed by atoms with Crippen LogP contribution in [0.5, 0.6) is 11.5 Å². The van der Waals surface area contributed by atoms with E-state index in [1.807, 2.05) is 0 Å². The zero-order valence-corrected chi connectivity index (χ0v) is 8.58. The second-order valence-corrected chi connectivity index (χ2v) is 3.34. The summed E-state index contributed by atoms with van der Waals surface area (Å²) in [5, 5.41) is 26.6. The van der Waals surface area contributed by atoms with Crippen LogP contribution < -0.4 is 0 Å². The third-order valence-corrected chi connectivity index (χ3v) is 2.37. The van der Waals surface area contributed by atoms with Crippen LogP contribution >= 0.6 is 15.9 Å². The molecule has 0 saturated carbocycles. The molecule has 15 heavy (non-hydrogen) atoms. The van der Waals surface area contributed by atoms with Crippen molar-refractivity contribution in [3.05, 3.63) is 21.9 Å². The van der Waals surface area contributed by atoms with Crippen LogP contribution in [0, 0.1) is 5.82 Å². The monoisotopic (exact) mass is 278 g/mol. The number of hydrogen-bond acceptors (Lipinski definition) is 4. The minimum Gasteiger partial charge on any atom is -0.504 e. The fourth-order valence-electron chi connectivity index (χ4n) is 0.917. The normalized spacial score (nSPS) is 10.0. The molecule has 0 atom stereocenters. The fourth-order valence-corrected chi connectivity index (χ4v) is 1.40. The maximum atomic E-state index is 13.0. The van der Waals surface area contributed by atoms with Gasteiger partial charge in [0, 0.05) is 6.07 Å². The number of carbonyl (C=O) groups excluding carboxylic acids is 1. The fraction of sp³-hybridized carbons (Fsp3) is 0. The van der Waals surface area contributed by atoms with Crippen molar-refractivity contribution in [3.63, 3.8) is 0 Å². The van der Waals surface area contributed by atoms with E-state index in [0.29, 0.717) is 6.07 Å². The van der Waals surface area contributed by atoms with E-state index in [1.165, 1.54) is 0 Å². The molecule has 1 aromatic rings. The molecule has 80 valence electrons. The summed E-state index contributed by atoms with van der Waals surface area (Å²) < 4.78 is 12.5. The molecule has 0 spiro atoms. The number of phenols is 2. The maximum Gasteiger partial charge on any atom is 0.377 e. The van der Waals surface area contributed by atoms with Gasteiger partial charge in [0.25, 0.3) is 5.78 Å². The number of halogens is 2. The number of hydrogen-bond donors (Lipinski definition) is 3. The lowest BCUT2D eigenvalue weighted by Crippen LogP contribution is -2.14. The second kappa shape index (κ2) is 3.85. The quantitative estimate of drug-likeness (QED) is 0.430. The average Bonchev–Trinajstić information content (AvgIpc) is 2.15. The summed E-state index contributed by atoms with van der Waals surface area (Å²) in [6.07, 6.45) is 0. The highest BCUT2D eigenvalue weighted by Gasteiger charge is 2.26. The number of benzene rings is 1. The van der Waals surface area contributed by atoms with E-state index in [2.05, 4.69) is 15.9 Å². The summed E-state index contributed by atoms with van der Waals surface area (Å²) in [6, 6.07) is 0.554. The van der Waals surface area contributed by atoms with Crippen LogP contribution in [0.2, 0.25) is 0 Å². The summed E-state index contributed by atoms with van der Waals surface area (Å²) in [5.74, 6) is -6.31. The molecule has 7 heteroatoms. The Labute approximate surface area is 90.9 Å². The standard InChI is InChI=1S/C8H4BrFO5/c9-5-2(10)1-3(11)6(12)4(5)7(13)8(14)15/h1,11-12H,(H,14,15). The Hall–Kier alpha value is -1.63. The molecule has 0 aliphatic heterocycles. The molecular formula is C8H4BrFO5. The van der Waals surface area contributed by atoms with Crippen molar-refractivity contribution < 1.29 is 29.3 Å². The van der Waals surface area contributed by atoms with E-state index >= 15 is 0 Å². The van der Waals surface area contributed by atoms with Crippen molar-refractivity contribution in [2.45, 2.75) is 0 Å². The second-order valence-electron chi connectivity index (χ2n) is 2.55. The van der Waals surface area contributed by atoms with Crippen LogP contribution in [-0.4, -0.2) is 27.1 Å². The molecule has 5 nitrogen and oxygen atoms in total. The number of carboxylic acid groups (broad SMARTS) is 1. The Bertz CT molecular complexity index is 431. The highest BCUT2D eigenvalue weighted by atomic mass is 79.9. The van der Waals surface area contributed by atoms with E-state index in [1.54, 1.807) is 0 Å². The third kappa shape index (κ3) is 1.91. The Balaban J connectivity index is 3.53. The summed E-state index contributed by atoms with van der Waals surface area (Å²) in [4.78, 5) is 21.4. The van der Waals surface area contributed by atoms with Crippen molar-refractivity contribution in [1.29, 1.82) is 0 Å². The molecule has 0 heterocycles. The molecule has 0 aliphatic rings. The SMILES string of the molecule is O=C(O)C(=O)c1c(O)c(O)cc(F)c1Br. The van der Waals surface area contributed by atoms with Crippen molar-refractivity contribution in [2.75, 3.05) is 0 Å². The molecule has 0 aliphatic carbocycles. The first-order valence-electron chi connectivity index (χ1n) is 3.53.